The number of carbonyl (C=O) groups excluding carboxylic acids is 1. The highest BCUT2D eigenvalue weighted by atomic mass is 16.5. The summed E-state index contributed by atoms with van der Waals surface area (Å²) in [5.74, 6) is 0.780. The number of methoxy groups -OCH3 is 1. The molecule has 0 saturated heterocycles. The number of rotatable bonds is 7. The minimum Gasteiger partial charge on any atom is -0.496 e. The predicted molar refractivity (Wildman–Crippen MR) is 97.3 cm³/mol. The Morgan fingerprint density at radius 3 is 2.38 bits per heavy atom. The van der Waals surface area contributed by atoms with Gasteiger partial charge in [-0.15, -0.1) is 0 Å². The molecule has 2 aromatic carbocycles. The second-order valence-electron chi connectivity index (χ2n) is 6.01. The molecular formula is C20H26N2O2. The van der Waals surface area contributed by atoms with Crippen LogP contribution in [-0.4, -0.2) is 19.2 Å². The van der Waals surface area contributed by atoms with E-state index in [1.165, 1.54) is 5.56 Å². The van der Waals surface area contributed by atoms with Crippen molar-refractivity contribution >= 4 is 6.03 Å². The number of para-hydroxylation sites is 1. The van der Waals surface area contributed by atoms with Gasteiger partial charge in [0.2, 0.25) is 0 Å². The largest absolute Gasteiger partial charge is 0.496 e. The SMILES string of the molecule is COc1ccccc1C(C)NC(=O)NC(C)CCc1ccccc1. The summed E-state index contributed by atoms with van der Waals surface area (Å²) in [6, 6.07) is 17.8. The molecule has 0 aliphatic rings. The van der Waals surface area contributed by atoms with Gasteiger partial charge >= 0.3 is 6.03 Å². The lowest BCUT2D eigenvalue weighted by atomic mass is 10.1. The molecule has 4 heteroatoms. The van der Waals surface area contributed by atoms with E-state index in [0.717, 1.165) is 24.2 Å². The van der Waals surface area contributed by atoms with Crippen LogP contribution in [0.15, 0.2) is 54.6 Å². The number of amides is 2. The molecule has 0 saturated carbocycles. The molecule has 0 fully saturated rings. The van der Waals surface area contributed by atoms with Gasteiger partial charge in [-0.05, 0) is 38.3 Å². The van der Waals surface area contributed by atoms with Crippen LogP contribution < -0.4 is 15.4 Å². The van der Waals surface area contributed by atoms with Crippen LogP contribution >= 0.6 is 0 Å². The van der Waals surface area contributed by atoms with E-state index in [2.05, 4.69) is 22.8 Å². The number of hydrogen-bond donors (Lipinski definition) is 2. The maximum Gasteiger partial charge on any atom is 0.315 e. The Hall–Kier alpha value is -2.49. The molecule has 2 unspecified atom stereocenters. The summed E-state index contributed by atoms with van der Waals surface area (Å²) in [6.45, 7) is 3.97. The number of hydrogen-bond acceptors (Lipinski definition) is 2. The zero-order chi connectivity index (χ0) is 17.4. The van der Waals surface area contributed by atoms with Crippen molar-refractivity contribution in [2.45, 2.75) is 38.8 Å². The van der Waals surface area contributed by atoms with Crippen LogP contribution in [0.4, 0.5) is 4.79 Å². The minimum atomic E-state index is -0.158. The Balaban J connectivity index is 1.81. The normalized spacial score (nSPS) is 13.0. The second kappa shape index (κ2) is 8.96. The molecule has 0 aliphatic carbocycles. The van der Waals surface area contributed by atoms with Crippen LogP contribution in [0.2, 0.25) is 0 Å². The van der Waals surface area contributed by atoms with E-state index >= 15 is 0 Å². The highest BCUT2D eigenvalue weighted by Crippen LogP contribution is 2.24. The van der Waals surface area contributed by atoms with Crippen molar-refractivity contribution in [3.8, 4) is 5.75 Å². The van der Waals surface area contributed by atoms with Gasteiger partial charge in [0.1, 0.15) is 5.75 Å². The van der Waals surface area contributed by atoms with Crippen LogP contribution in [0.3, 0.4) is 0 Å². The molecule has 2 amide bonds. The quantitative estimate of drug-likeness (QED) is 0.805. The first-order chi connectivity index (χ1) is 11.6. The lowest BCUT2D eigenvalue weighted by molar-refractivity contribution is 0.234. The van der Waals surface area contributed by atoms with E-state index in [9.17, 15) is 4.79 Å². The molecule has 0 heterocycles. The molecule has 128 valence electrons. The first-order valence-electron chi connectivity index (χ1n) is 8.34. The molecule has 0 radical (unpaired) electrons. The zero-order valence-corrected chi connectivity index (χ0v) is 14.6. The van der Waals surface area contributed by atoms with Crippen molar-refractivity contribution in [3.05, 3.63) is 65.7 Å². The maximum absolute atomic E-state index is 12.2. The van der Waals surface area contributed by atoms with Gasteiger partial charge in [-0.2, -0.15) is 0 Å². The van der Waals surface area contributed by atoms with Crippen LogP contribution in [0.5, 0.6) is 5.75 Å². The molecule has 2 N–H and O–H groups in total. The van der Waals surface area contributed by atoms with E-state index in [0.29, 0.717) is 0 Å². The minimum absolute atomic E-state index is 0.107. The topological polar surface area (TPSA) is 50.4 Å². The van der Waals surface area contributed by atoms with Crippen LogP contribution in [-0.2, 0) is 6.42 Å². The number of urea groups is 1. The Morgan fingerprint density at radius 2 is 1.67 bits per heavy atom. The summed E-state index contributed by atoms with van der Waals surface area (Å²) < 4.78 is 5.34. The fraction of sp³-hybridized carbons (Fsp3) is 0.350. The molecule has 2 rings (SSSR count). The summed E-state index contributed by atoms with van der Waals surface area (Å²) in [6.07, 6.45) is 1.85. The van der Waals surface area contributed by atoms with Gasteiger partial charge < -0.3 is 15.4 Å². The summed E-state index contributed by atoms with van der Waals surface area (Å²) in [5, 5.41) is 5.97. The third-order valence-corrected chi connectivity index (χ3v) is 4.04. The second-order valence-corrected chi connectivity index (χ2v) is 6.01. The Labute approximate surface area is 144 Å². The monoisotopic (exact) mass is 326 g/mol. The van der Waals surface area contributed by atoms with E-state index in [4.69, 9.17) is 4.74 Å². The van der Waals surface area contributed by atoms with E-state index in [-0.39, 0.29) is 18.1 Å². The molecular weight excluding hydrogens is 300 g/mol. The maximum atomic E-state index is 12.2. The lowest BCUT2D eigenvalue weighted by Gasteiger charge is -2.20. The zero-order valence-electron chi connectivity index (χ0n) is 14.6. The summed E-state index contributed by atoms with van der Waals surface area (Å²) in [5.41, 5.74) is 2.25. The van der Waals surface area contributed by atoms with E-state index in [1.807, 2.05) is 56.3 Å². The molecule has 4 nitrogen and oxygen atoms in total. The number of benzene rings is 2. The molecule has 2 atom stereocenters. The van der Waals surface area contributed by atoms with Crippen LogP contribution in [0.1, 0.15) is 37.4 Å². The highest BCUT2D eigenvalue weighted by molar-refractivity contribution is 5.74. The summed E-state index contributed by atoms with van der Waals surface area (Å²) in [7, 11) is 1.64. The first kappa shape index (κ1) is 17.9. The summed E-state index contributed by atoms with van der Waals surface area (Å²) >= 11 is 0. The van der Waals surface area contributed by atoms with Crippen molar-refractivity contribution in [1.29, 1.82) is 0 Å². The molecule has 0 aromatic heterocycles. The number of aryl methyl sites for hydroxylation is 1. The van der Waals surface area contributed by atoms with Crippen molar-refractivity contribution < 1.29 is 9.53 Å². The van der Waals surface area contributed by atoms with Gasteiger partial charge in [0.15, 0.2) is 0 Å². The van der Waals surface area contributed by atoms with Crippen molar-refractivity contribution in [1.82, 2.24) is 10.6 Å². The third-order valence-electron chi connectivity index (χ3n) is 4.04. The Bertz CT molecular complexity index is 643. The van der Waals surface area contributed by atoms with Gasteiger partial charge in [-0.25, -0.2) is 4.79 Å². The van der Waals surface area contributed by atoms with E-state index < -0.39 is 0 Å². The standard InChI is InChI=1S/C20H26N2O2/c1-15(13-14-17-9-5-4-6-10-17)21-20(23)22-16(2)18-11-7-8-12-19(18)24-3/h4-12,15-16H,13-14H2,1-3H3,(H2,21,22,23). The van der Waals surface area contributed by atoms with Crippen LogP contribution in [0.25, 0.3) is 0 Å². The predicted octanol–water partition coefficient (Wildman–Crippen LogP) is 4.08. The molecule has 24 heavy (non-hydrogen) atoms. The van der Waals surface area contributed by atoms with Crippen molar-refractivity contribution in [2.75, 3.05) is 7.11 Å². The third kappa shape index (κ3) is 5.30. The smallest absolute Gasteiger partial charge is 0.315 e. The summed E-state index contributed by atoms with van der Waals surface area (Å²) in [4.78, 5) is 12.2. The molecule has 0 spiro atoms. The number of carbonyl (C=O) groups is 1. The molecule has 2 aromatic rings. The van der Waals surface area contributed by atoms with Gasteiger partial charge in [-0.3, -0.25) is 0 Å². The average Bonchev–Trinajstić information content (AvgIpc) is 2.60. The fourth-order valence-corrected chi connectivity index (χ4v) is 2.66. The molecule has 0 bridgehead atoms. The number of ether oxygens (including phenoxy) is 1. The van der Waals surface area contributed by atoms with Gasteiger partial charge in [-0.1, -0.05) is 48.5 Å². The van der Waals surface area contributed by atoms with Crippen molar-refractivity contribution in [2.24, 2.45) is 0 Å². The fourth-order valence-electron chi connectivity index (χ4n) is 2.66. The molecule has 0 aliphatic heterocycles. The average molecular weight is 326 g/mol. The van der Waals surface area contributed by atoms with Gasteiger partial charge in [0, 0.05) is 11.6 Å². The van der Waals surface area contributed by atoms with Crippen LogP contribution in [0, 0.1) is 0 Å². The van der Waals surface area contributed by atoms with E-state index in [1.54, 1.807) is 7.11 Å². The highest BCUT2D eigenvalue weighted by Gasteiger charge is 2.14. The Kier molecular flexibility index (Phi) is 6.67. The van der Waals surface area contributed by atoms with Gasteiger partial charge in [0.05, 0.1) is 13.2 Å². The first-order valence-corrected chi connectivity index (χ1v) is 8.34. The Morgan fingerprint density at radius 1 is 1.00 bits per heavy atom. The van der Waals surface area contributed by atoms with Crippen molar-refractivity contribution in [3.63, 3.8) is 0 Å². The van der Waals surface area contributed by atoms with Gasteiger partial charge in [0.25, 0.3) is 0 Å². The number of nitrogens with one attached hydrogen (secondary N) is 2. The lowest BCUT2D eigenvalue weighted by Crippen LogP contribution is -2.42.